The van der Waals surface area contributed by atoms with Crippen molar-refractivity contribution >= 4 is 10.8 Å². The van der Waals surface area contributed by atoms with Crippen molar-refractivity contribution in [3.05, 3.63) is 205 Å². The van der Waals surface area contributed by atoms with Gasteiger partial charge in [-0.3, -0.25) is 0 Å². The molecule has 260 valence electrons. The normalized spacial score (nSPS) is 12.7. The fourth-order valence-corrected chi connectivity index (χ4v) is 8.32. The highest BCUT2D eigenvalue weighted by Gasteiger charge is 2.36. The Morgan fingerprint density at radius 2 is 0.836 bits per heavy atom. The Kier molecular flexibility index (Phi) is 7.85. The summed E-state index contributed by atoms with van der Waals surface area (Å²) in [6, 6.07) is 69.5. The first-order valence-electron chi connectivity index (χ1n) is 19.0. The Hall–Kier alpha value is -6.90. The minimum atomic E-state index is -0.0784. The van der Waals surface area contributed by atoms with E-state index in [0.29, 0.717) is 5.82 Å². The molecule has 0 aliphatic heterocycles. The van der Waals surface area contributed by atoms with Crippen LogP contribution in [0.4, 0.5) is 0 Å². The summed E-state index contributed by atoms with van der Waals surface area (Å²) >= 11 is 0. The van der Waals surface area contributed by atoms with Crippen LogP contribution in [0.1, 0.15) is 25.0 Å². The Morgan fingerprint density at radius 3 is 1.55 bits per heavy atom. The molecular formula is C53H38N2. The van der Waals surface area contributed by atoms with Crippen LogP contribution in [0.2, 0.25) is 0 Å². The zero-order valence-electron chi connectivity index (χ0n) is 30.9. The van der Waals surface area contributed by atoms with Crippen molar-refractivity contribution in [2.24, 2.45) is 0 Å². The van der Waals surface area contributed by atoms with Crippen LogP contribution < -0.4 is 0 Å². The van der Waals surface area contributed by atoms with E-state index in [1.165, 1.54) is 66.4 Å². The molecule has 9 aromatic rings. The average molecular weight is 703 g/mol. The van der Waals surface area contributed by atoms with E-state index in [1.807, 2.05) is 12.1 Å². The SMILES string of the molecule is CC1(C)c2cc(-c3cccc(-c4ccc(-c5cc(-c6ccccc6)nc(-c6ccc(-c7ccccc7)cc6)n5)cc4)c3)ccc2-c2c1ccc1ccccc21. The van der Waals surface area contributed by atoms with Crippen LogP contribution >= 0.6 is 0 Å². The quantitative estimate of drug-likeness (QED) is 0.172. The van der Waals surface area contributed by atoms with Gasteiger partial charge in [0.15, 0.2) is 5.82 Å². The third-order valence-corrected chi connectivity index (χ3v) is 11.3. The van der Waals surface area contributed by atoms with E-state index in [0.717, 1.165) is 28.1 Å². The average Bonchev–Trinajstić information content (AvgIpc) is 3.49. The number of benzene rings is 8. The minimum Gasteiger partial charge on any atom is -0.228 e. The van der Waals surface area contributed by atoms with E-state index >= 15 is 0 Å². The summed E-state index contributed by atoms with van der Waals surface area (Å²) < 4.78 is 0. The predicted molar refractivity (Wildman–Crippen MR) is 230 cm³/mol. The first kappa shape index (κ1) is 32.7. The van der Waals surface area contributed by atoms with Gasteiger partial charge in [-0.15, -0.1) is 0 Å². The molecule has 0 saturated heterocycles. The lowest BCUT2D eigenvalue weighted by Crippen LogP contribution is -2.15. The lowest BCUT2D eigenvalue weighted by Gasteiger charge is -2.22. The van der Waals surface area contributed by atoms with Crippen LogP contribution in [0.15, 0.2) is 194 Å². The van der Waals surface area contributed by atoms with E-state index in [4.69, 9.17) is 9.97 Å². The molecule has 1 heterocycles. The van der Waals surface area contributed by atoms with Crippen LogP contribution in [-0.2, 0) is 5.41 Å². The predicted octanol–water partition coefficient (Wildman–Crippen LogP) is 13.9. The zero-order valence-corrected chi connectivity index (χ0v) is 30.9. The molecular weight excluding hydrogens is 665 g/mol. The highest BCUT2D eigenvalue weighted by Crippen LogP contribution is 2.52. The zero-order chi connectivity index (χ0) is 36.9. The molecule has 8 aromatic carbocycles. The standard InChI is InChI=1S/C53H38N2/c1-53(2)47-31-29-38-14-9-10-19-45(38)51(47)46-30-28-44(33-48(46)53)43-18-11-17-42(32-43)37-20-24-40(25-21-37)50-34-49(39-15-7-4-8-16-39)54-52(55-50)41-26-22-36(23-27-41)35-12-5-3-6-13-35/h3-34H,1-2H3. The fourth-order valence-electron chi connectivity index (χ4n) is 8.32. The van der Waals surface area contributed by atoms with Gasteiger partial charge in [-0.25, -0.2) is 9.97 Å². The lowest BCUT2D eigenvalue weighted by atomic mass is 9.81. The molecule has 1 aliphatic carbocycles. The lowest BCUT2D eigenvalue weighted by molar-refractivity contribution is 0.661. The Bertz CT molecular complexity index is 2850. The molecule has 1 aliphatic rings. The molecule has 10 rings (SSSR count). The van der Waals surface area contributed by atoms with Gasteiger partial charge < -0.3 is 0 Å². The Balaban J connectivity index is 0.976. The summed E-state index contributed by atoms with van der Waals surface area (Å²) in [5, 5.41) is 2.62. The highest BCUT2D eigenvalue weighted by atomic mass is 14.9. The van der Waals surface area contributed by atoms with Gasteiger partial charge in [-0.1, -0.05) is 190 Å². The molecule has 2 heteroatoms. The van der Waals surface area contributed by atoms with Gasteiger partial charge in [-0.2, -0.15) is 0 Å². The molecule has 0 unspecified atom stereocenters. The second kappa shape index (κ2) is 13.2. The second-order valence-corrected chi connectivity index (χ2v) is 15.0. The summed E-state index contributed by atoms with van der Waals surface area (Å²) in [6.45, 7) is 4.72. The van der Waals surface area contributed by atoms with E-state index < -0.39 is 0 Å². The maximum absolute atomic E-state index is 5.12. The van der Waals surface area contributed by atoms with Crippen molar-refractivity contribution < 1.29 is 0 Å². The molecule has 0 atom stereocenters. The second-order valence-electron chi connectivity index (χ2n) is 15.0. The summed E-state index contributed by atoms with van der Waals surface area (Å²) in [6.07, 6.45) is 0. The van der Waals surface area contributed by atoms with Gasteiger partial charge in [-0.05, 0) is 84.6 Å². The molecule has 0 N–H and O–H groups in total. The van der Waals surface area contributed by atoms with Gasteiger partial charge in [0.25, 0.3) is 0 Å². The van der Waals surface area contributed by atoms with Crippen molar-refractivity contribution in [1.82, 2.24) is 9.97 Å². The number of nitrogens with zero attached hydrogens (tertiary/aromatic N) is 2. The minimum absolute atomic E-state index is 0.0784. The first-order valence-corrected chi connectivity index (χ1v) is 19.0. The highest BCUT2D eigenvalue weighted by molar-refractivity contribution is 6.02. The summed E-state index contributed by atoms with van der Waals surface area (Å²) in [5.41, 5.74) is 17.5. The monoisotopic (exact) mass is 702 g/mol. The molecule has 2 nitrogen and oxygen atoms in total. The first-order chi connectivity index (χ1) is 27.0. The van der Waals surface area contributed by atoms with Crippen LogP contribution in [-0.4, -0.2) is 9.97 Å². The number of hydrogen-bond acceptors (Lipinski definition) is 2. The number of rotatable bonds is 6. The largest absolute Gasteiger partial charge is 0.228 e. The Morgan fingerprint density at radius 1 is 0.345 bits per heavy atom. The van der Waals surface area contributed by atoms with E-state index in [2.05, 4.69) is 196 Å². The van der Waals surface area contributed by atoms with Gasteiger partial charge >= 0.3 is 0 Å². The molecule has 0 saturated carbocycles. The maximum atomic E-state index is 5.12. The van der Waals surface area contributed by atoms with Gasteiger partial charge in [0, 0.05) is 22.1 Å². The molecule has 0 spiro atoms. The molecule has 0 bridgehead atoms. The van der Waals surface area contributed by atoms with Gasteiger partial charge in [0.05, 0.1) is 11.4 Å². The summed E-state index contributed by atoms with van der Waals surface area (Å²) in [5.74, 6) is 0.710. The van der Waals surface area contributed by atoms with Gasteiger partial charge in [0.1, 0.15) is 0 Å². The van der Waals surface area contributed by atoms with Crippen LogP contribution in [0.25, 0.3) is 89.2 Å². The van der Waals surface area contributed by atoms with Crippen molar-refractivity contribution in [3.8, 4) is 78.4 Å². The van der Waals surface area contributed by atoms with Crippen LogP contribution in [0, 0.1) is 0 Å². The summed E-state index contributed by atoms with van der Waals surface area (Å²) in [7, 11) is 0. The van der Waals surface area contributed by atoms with Crippen LogP contribution in [0.3, 0.4) is 0 Å². The fraction of sp³-hybridized carbons (Fsp3) is 0.0566. The van der Waals surface area contributed by atoms with Crippen molar-refractivity contribution in [2.45, 2.75) is 19.3 Å². The Labute approximate surface area is 322 Å². The number of aromatic nitrogens is 2. The maximum Gasteiger partial charge on any atom is 0.160 e. The third kappa shape index (κ3) is 5.84. The van der Waals surface area contributed by atoms with Crippen molar-refractivity contribution in [2.75, 3.05) is 0 Å². The molecule has 0 fully saturated rings. The smallest absolute Gasteiger partial charge is 0.160 e. The van der Waals surface area contributed by atoms with E-state index in [-0.39, 0.29) is 5.41 Å². The number of hydrogen-bond donors (Lipinski definition) is 0. The molecule has 1 aromatic heterocycles. The van der Waals surface area contributed by atoms with Gasteiger partial charge in [0.2, 0.25) is 0 Å². The topological polar surface area (TPSA) is 25.8 Å². The van der Waals surface area contributed by atoms with E-state index in [9.17, 15) is 0 Å². The summed E-state index contributed by atoms with van der Waals surface area (Å²) in [4.78, 5) is 10.2. The van der Waals surface area contributed by atoms with E-state index in [1.54, 1.807) is 0 Å². The molecule has 55 heavy (non-hydrogen) atoms. The van der Waals surface area contributed by atoms with Crippen molar-refractivity contribution in [3.63, 3.8) is 0 Å². The molecule has 0 radical (unpaired) electrons. The van der Waals surface area contributed by atoms with Crippen molar-refractivity contribution in [1.29, 1.82) is 0 Å². The number of fused-ring (bicyclic) bond motifs is 5. The van der Waals surface area contributed by atoms with Crippen LogP contribution in [0.5, 0.6) is 0 Å². The third-order valence-electron chi connectivity index (χ3n) is 11.3. The molecule has 0 amide bonds.